The van der Waals surface area contributed by atoms with E-state index in [1.54, 1.807) is 27.7 Å². The smallest absolute Gasteiger partial charge is 0.248 e. The standard InChI is InChI=1S/C81H138N18O16/c1-48(2)43-53(47-96-39-30-38-95-37-29-34-61(95)96)85-69(110)76(11,12)89-64(105)55(45-50(5)6)86-62(103)51(7)84-68(109)75(9,10)90-66(107)57-32-25-28-42-99(57)74(115)81(21,22)94-71(112)78(15,16)88-60(102)46-83-59(101)35-36-82-63(104)54(44-49(3)4)87-70(111)77(13,14)93-72(113)79(17,18)91-67(108)58-33-24-27-41-98(58)73(114)80(19,20)92-65(106)56-31-23-26-40-97(56)52(8)100/h48-51,53-58H,23-47H2,1-22H3,(H12-,82,83,84,85,86,87,88,89,90,91,92,93,94,101,102,103,104,105,106,107,108,109,110,111,112,113)/p+1. The Morgan fingerprint density at radius 3 is 1.30 bits per heavy atom. The van der Waals surface area contributed by atoms with Crippen molar-refractivity contribution in [3.05, 3.63) is 0 Å². The molecule has 7 atom stereocenters. The second-order valence-electron chi connectivity index (χ2n) is 37.0. The Labute approximate surface area is 680 Å². The quantitative estimate of drug-likeness (QED) is 0.0387. The van der Waals surface area contributed by atoms with Crippen molar-refractivity contribution in [2.45, 2.75) is 336 Å². The Morgan fingerprint density at radius 1 is 0.391 bits per heavy atom. The van der Waals surface area contributed by atoms with Crippen LogP contribution in [0.4, 0.5) is 0 Å². The molecule has 0 aromatic rings. The Balaban J connectivity index is 1.07. The van der Waals surface area contributed by atoms with E-state index in [2.05, 4.69) is 92.4 Å². The van der Waals surface area contributed by atoms with Crippen LogP contribution in [0.15, 0.2) is 0 Å². The molecule has 16 amide bonds. The average molecular weight is 1620 g/mol. The van der Waals surface area contributed by atoms with Gasteiger partial charge in [0.25, 0.3) is 0 Å². The molecular weight excluding hydrogens is 1480 g/mol. The summed E-state index contributed by atoms with van der Waals surface area (Å²) in [5.74, 6) is -8.51. The Kier molecular flexibility index (Phi) is 34.2. The number of carbonyl (C=O) groups excluding carboxylic acids is 16. The zero-order chi connectivity index (χ0) is 86.8. The number of piperidine rings is 3. The summed E-state index contributed by atoms with van der Waals surface area (Å²) in [5.41, 5.74) is -11.1. The largest absolute Gasteiger partial charge is 0.354 e. The lowest BCUT2D eigenvalue weighted by molar-refractivity contribution is -0.530. The average Bonchev–Trinajstić information content (AvgIpc) is 1.26. The highest BCUT2D eigenvalue weighted by atomic mass is 16.2. The molecule has 0 bridgehead atoms. The fraction of sp³-hybridized carbons (Fsp3) is 0.790. The third kappa shape index (κ3) is 27.8. The fourth-order valence-corrected chi connectivity index (χ4v) is 15.1. The molecule has 0 radical (unpaired) electrons. The van der Waals surface area contributed by atoms with E-state index < -0.39 is 164 Å². The summed E-state index contributed by atoms with van der Waals surface area (Å²) in [7, 11) is 0. The van der Waals surface area contributed by atoms with Gasteiger partial charge in [-0.25, -0.2) is 0 Å². The molecule has 5 heterocycles. The molecule has 0 aromatic heterocycles. The second kappa shape index (κ2) is 40.7. The molecule has 0 aliphatic carbocycles. The van der Waals surface area contributed by atoms with E-state index in [9.17, 15) is 76.7 Å². The van der Waals surface area contributed by atoms with Gasteiger partial charge in [0.1, 0.15) is 81.6 Å². The summed E-state index contributed by atoms with van der Waals surface area (Å²) in [6.07, 6.45) is 8.62. The van der Waals surface area contributed by atoms with Crippen molar-refractivity contribution in [1.82, 2.24) is 88.7 Å². The summed E-state index contributed by atoms with van der Waals surface area (Å²) in [4.78, 5) is 227. The van der Waals surface area contributed by atoms with Gasteiger partial charge in [0.05, 0.1) is 38.6 Å². The van der Waals surface area contributed by atoms with Crippen molar-refractivity contribution in [2.24, 2.45) is 17.8 Å². The highest BCUT2D eigenvalue weighted by Crippen LogP contribution is 2.27. The van der Waals surface area contributed by atoms with Gasteiger partial charge < -0.3 is 83.8 Å². The van der Waals surface area contributed by atoms with Gasteiger partial charge in [-0.2, -0.15) is 0 Å². The summed E-state index contributed by atoms with van der Waals surface area (Å²) in [5, 5.41) is 35.5. The number of hydrogen-bond acceptors (Lipinski definition) is 17. The van der Waals surface area contributed by atoms with E-state index in [1.807, 2.05) is 27.7 Å². The maximum Gasteiger partial charge on any atom is 0.248 e. The predicted molar refractivity (Wildman–Crippen MR) is 432 cm³/mol. The van der Waals surface area contributed by atoms with Gasteiger partial charge in [-0.3, -0.25) is 86.2 Å². The molecule has 5 rings (SSSR count). The minimum atomic E-state index is -1.67. The van der Waals surface area contributed by atoms with Crippen LogP contribution in [0.2, 0.25) is 0 Å². The Hall–Kier alpha value is -9.01. The molecule has 13 N–H and O–H groups in total. The van der Waals surface area contributed by atoms with E-state index in [-0.39, 0.29) is 81.4 Å². The van der Waals surface area contributed by atoms with Crippen molar-refractivity contribution < 1.29 is 81.3 Å². The summed E-state index contributed by atoms with van der Waals surface area (Å²) < 4.78 is 2.43. The van der Waals surface area contributed by atoms with Crippen LogP contribution >= 0.6 is 0 Å². The number of likely N-dealkylation sites (tertiary alicyclic amines) is 3. The van der Waals surface area contributed by atoms with Gasteiger partial charge >= 0.3 is 0 Å². The Bertz CT molecular complexity index is 3620. The minimum absolute atomic E-state index is 0.0689. The zero-order valence-electron chi connectivity index (χ0n) is 72.7. The molecule has 648 valence electrons. The number of carbonyl (C=O) groups is 16. The summed E-state index contributed by atoms with van der Waals surface area (Å²) in [6.45, 7) is 38.6. The van der Waals surface area contributed by atoms with Gasteiger partial charge in [0.2, 0.25) is 100 Å². The van der Waals surface area contributed by atoms with Crippen LogP contribution in [0, 0.1) is 17.8 Å². The van der Waals surface area contributed by atoms with E-state index in [0.717, 1.165) is 58.2 Å². The van der Waals surface area contributed by atoms with Gasteiger partial charge in [0.15, 0.2) is 0 Å². The number of rotatable bonds is 37. The number of hydrogen-bond donors (Lipinski definition) is 13. The number of nitrogens with one attached hydrogen (secondary N) is 13. The van der Waals surface area contributed by atoms with Crippen molar-refractivity contribution >= 4 is 100 Å². The number of nitrogens with zero attached hydrogens (tertiary/aromatic N) is 5. The molecule has 0 saturated carbocycles. The SMILES string of the molecule is CC(=O)N1CCCCC1C(=O)NC(C)(C)C(=O)N1CCCCC1C(=O)NC(C)(C)C(=O)NC(C)(C)C(=O)NC(CC(C)C)C(=O)NCCC(=O)NCC(=O)NC(C)(C)C(=O)NC(C)(C)C(=O)N1CCCCC1C(=O)NC(C)(C)C(=O)NC(C)C(=O)NC(CC(C)C)C(=O)NC(C)(C)C(=O)NC(CC(C)C)CN1CCC[N+]2=C1CCC2. The molecular formula is C81H139N18O16+. The Morgan fingerprint density at radius 2 is 0.800 bits per heavy atom. The lowest BCUT2D eigenvalue weighted by Crippen LogP contribution is -2.67. The van der Waals surface area contributed by atoms with E-state index in [0.29, 0.717) is 51.1 Å². The fourth-order valence-electron chi connectivity index (χ4n) is 15.1. The second-order valence-corrected chi connectivity index (χ2v) is 37.0. The first-order chi connectivity index (χ1) is 53.1. The first-order valence-electron chi connectivity index (χ1n) is 41.4. The molecule has 34 heteroatoms. The molecule has 0 spiro atoms. The van der Waals surface area contributed by atoms with Crippen LogP contribution in [0.5, 0.6) is 0 Å². The van der Waals surface area contributed by atoms with Gasteiger partial charge in [-0.1, -0.05) is 41.5 Å². The van der Waals surface area contributed by atoms with Crippen LogP contribution in [-0.4, -0.2) is 264 Å². The molecule has 3 saturated heterocycles. The van der Waals surface area contributed by atoms with Crippen molar-refractivity contribution in [1.29, 1.82) is 0 Å². The number of amidine groups is 1. The topological polar surface area (TPSA) is 445 Å². The molecule has 0 aromatic carbocycles. The molecule has 115 heavy (non-hydrogen) atoms. The van der Waals surface area contributed by atoms with Gasteiger partial charge in [-0.15, -0.1) is 0 Å². The summed E-state index contributed by atoms with van der Waals surface area (Å²) >= 11 is 0. The monoisotopic (exact) mass is 1620 g/mol. The van der Waals surface area contributed by atoms with Crippen molar-refractivity contribution in [3.63, 3.8) is 0 Å². The van der Waals surface area contributed by atoms with Gasteiger partial charge in [0, 0.05) is 45.9 Å². The van der Waals surface area contributed by atoms with Crippen LogP contribution in [-0.2, 0) is 76.7 Å². The van der Waals surface area contributed by atoms with E-state index >= 15 is 0 Å². The zero-order valence-corrected chi connectivity index (χ0v) is 72.7. The van der Waals surface area contributed by atoms with E-state index in [1.165, 1.54) is 104 Å². The molecule has 34 nitrogen and oxygen atoms in total. The normalized spacial score (nSPS) is 18.9. The summed E-state index contributed by atoms with van der Waals surface area (Å²) in [6, 6.07) is -6.43. The minimum Gasteiger partial charge on any atom is -0.354 e. The molecule has 5 aliphatic heterocycles. The highest BCUT2D eigenvalue weighted by Gasteiger charge is 2.48. The van der Waals surface area contributed by atoms with Crippen LogP contribution < -0.4 is 69.1 Å². The van der Waals surface area contributed by atoms with Crippen LogP contribution in [0.3, 0.4) is 0 Å². The molecule has 7 unspecified atom stereocenters. The molecule has 5 aliphatic rings. The maximum absolute atomic E-state index is 14.5. The lowest BCUT2D eigenvalue weighted by Gasteiger charge is -2.42. The van der Waals surface area contributed by atoms with Crippen LogP contribution in [0.1, 0.15) is 255 Å². The van der Waals surface area contributed by atoms with Crippen molar-refractivity contribution in [2.75, 3.05) is 58.9 Å². The van der Waals surface area contributed by atoms with Crippen LogP contribution in [0.25, 0.3) is 0 Å². The predicted octanol–water partition coefficient (Wildman–Crippen LogP) is 1.04. The first kappa shape index (κ1) is 96.6. The third-order valence-corrected chi connectivity index (χ3v) is 21.8. The third-order valence-electron chi connectivity index (χ3n) is 21.8. The highest BCUT2D eigenvalue weighted by molar-refractivity contribution is 6.03. The maximum atomic E-state index is 14.5. The van der Waals surface area contributed by atoms with Gasteiger partial charge in [-0.05, 0) is 205 Å². The number of amides is 16. The van der Waals surface area contributed by atoms with E-state index in [4.69, 9.17) is 0 Å². The first-order valence-corrected chi connectivity index (χ1v) is 41.4. The van der Waals surface area contributed by atoms with Crippen molar-refractivity contribution in [3.8, 4) is 0 Å². The lowest BCUT2D eigenvalue weighted by atomic mass is 9.93. The molecule has 3 fully saturated rings.